The highest BCUT2D eigenvalue weighted by Crippen LogP contribution is 2.29. The quantitative estimate of drug-likeness (QED) is 0.650. The molecule has 2 aromatic carbocycles. The Labute approximate surface area is 127 Å². The molecule has 100 valence electrons. The van der Waals surface area contributed by atoms with E-state index in [0.717, 1.165) is 5.52 Å². The van der Waals surface area contributed by atoms with Crippen LogP contribution in [0.5, 0.6) is 0 Å². The van der Waals surface area contributed by atoms with Gasteiger partial charge >= 0.3 is 0 Å². The molecule has 0 aliphatic rings. The maximum absolute atomic E-state index is 13.2. The zero-order chi connectivity index (χ0) is 14.3. The van der Waals surface area contributed by atoms with E-state index in [1.165, 1.54) is 18.2 Å². The molecular formula is C15H8BrClFNO. The van der Waals surface area contributed by atoms with Gasteiger partial charge in [0.2, 0.25) is 0 Å². The molecule has 3 aromatic rings. The molecule has 0 radical (unpaired) electrons. The molecule has 2 nitrogen and oxygen atoms in total. The number of carbonyl (C=O) groups is 1. The average Bonchev–Trinajstić information content (AvgIpc) is 2.86. The molecule has 0 fully saturated rings. The largest absolute Gasteiger partial charge is 0.360 e. The Balaban J connectivity index is 2.15. The Bertz CT molecular complexity index is 828. The van der Waals surface area contributed by atoms with Crippen molar-refractivity contribution in [2.24, 2.45) is 0 Å². The van der Waals surface area contributed by atoms with E-state index in [4.69, 9.17) is 11.6 Å². The SMILES string of the molecule is O=C(c1ccc(F)c(Br)c1)c1c[nH]c2cccc(Cl)c12. The van der Waals surface area contributed by atoms with Crippen LogP contribution in [0.4, 0.5) is 4.39 Å². The second-order valence-corrected chi connectivity index (χ2v) is 5.58. The molecule has 3 rings (SSSR count). The summed E-state index contributed by atoms with van der Waals surface area (Å²) in [4.78, 5) is 15.5. The van der Waals surface area contributed by atoms with Crippen LogP contribution in [0, 0.1) is 5.82 Å². The summed E-state index contributed by atoms with van der Waals surface area (Å²) < 4.78 is 13.5. The lowest BCUT2D eigenvalue weighted by Gasteiger charge is -2.02. The Morgan fingerprint density at radius 3 is 2.80 bits per heavy atom. The number of hydrogen-bond donors (Lipinski definition) is 1. The second kappa shape index (κ2) is 5.04. The molecule has 1 N–H and O–H groups in total. The summed E-state index contributed by atoms with van der Waals surface area (Å²) in [6.07, 6.45) is 1.62. The van der Waals surface area contributed by atoms with Crippen molar-refractivity contribution in [3.8, 4) is 0 Å². The number of hydrogen-bond acceptors (Lipinski definition) is 1. The van der Waals surface area contributed by atoms with Gasteiger partial charge in [0, 0.05) is 28.2 Å². The van der Waals surface area contributed by atoms with Gasteiger partial charge in [-0.15, -0.1) is 0 Å². The lowest BCUT2D eigenvalue weighted by Crippen LogP contribution is -2.01. The third-order valence-corrected chi connectivity index (χ3v) is 4.00. The van der Waals surface area contributed by atoms with Crippen molar-refractivity contribution >= 4 is 44.2 Å². The number of carbonyl (C=O) groups excluding carboxylic acids is 1. The summed E-state index contributed by atoms with van der Waals surface area (Å²) in [5, 5.41) is 1.19. The number of rotatable bonds is 2. The van der Waals surface area contributed by atoms with E-state index in [0.29, 0.717) is 21.5 Å². The van der Waals surface area contributed by atoms with Crippen molar-refractivity contribution in [3.05, 3.63) is 69.0 Å². The van der Waals surface area contributed by atoms with Crippen molar-refractivity contribution in [1.82, 2.24) is 4.98 Å². The van der Waals surface area contributed by atoms with Gasteiger partial charge in [-0.05, 0) is 46.3 Å². The predicted molar refractivity (Wildman–Crippen MR) is 80.8 cm³/mol. The van der Waals surface area contributed by atoms with Crippen molar-refractivity contribution in [1.29, 1.82) is 0 Å². The van der Waals surface area contributed by atoms with Gasteiger partial charge in [-0.2, -0.15) is 0 Å². The number of H-pyrrole nitrogens is 1. The molecule has 0 amide bonds. The molecule has 5 heteroatoms. The van der Waals surface area contributed by atoms with Gasteiger partial charge in [-0.1, -0.05) is 17.7 Å². The van der Waals surface area contributed by atoms with Gasteiger partial charge in [0.25, 0.3) is 0 Å². The predicted octanol–water partition coefficient (Wildman–Crippen LogP) is 4.95. The highest BCUT2D eigenvalue weighted by molar-refractivity contribution is 9.10. The number of aromatic amines is 1. The molecule has 0 spiro atoms. The molecule has 1 heterocycles. The molecule has 0 aliphatic carbocycles. The van der Waals surface area contributed by atoms with E-state index in [9.17, 15) is 9.18 Å². The van der Waals surface area contributed by atoms with Crippen molar-refractivity contribution < 1.29 is 9.18 Å². The number of nitrogens with one attached hydrogen (secondary N) is 1. The van der Waals surface area contributed by atoms with Crippen LogP contribution in [0.25, 0.3) is 10.9 Å². The molecule has 0 bridgehead atoms. The number of aromatic nitrogens is 1. The van der Waals surface area contributed by atoms with Crippen LogP contribution in [-0.2, 0) is 0 Å². The summed E-state index contributed by atoms with van der Waals surface area (Å²) in [7, 11) is 0. The molecule has 0 unspecified atom stereocenters. The molecule has 0 saturated carbocycles. The summed E-state index contributed by atoms with van der Waals surface area (Å²) in [6, 6.07) is 9.57. The van der Waals surface area contributed by atoms with Crippen LogP contribution in [0.3, 0.4) is 0 Å². The number of fused-ring (bicyclic) bond motifs is 1. The first-order valence-electron chi connectivity index (χ1n) is 5.83. The van der Waals surface area contributed by atoms with Gasteiger partial charge < -0.3 is 4.98 Å². The van der Waals surface area contributed by atoms with Gasteiger partial charge in [0.15, 0.2) is 5.78 Å². The summed E-state index contributed by atoms with van der Waals surface area (Å²) in [5.41, 5.74) is 1.67. The van der Waals surface area contributed by atoms with E-state index >= 15 is 0 Å². The van der Waals surface area contributed by atoms with Gasteiger partial charge in [-0.3, -0.25) is 4.79 Å². The fourth-order valence-electron chi connectivity index (χ4n) is 2.11. The third-order valence-electron chi connectivity index (χ3n) is 3.08. The minimum Gasteiger partial charge on any atom is -0.360 e. The minimum atomic E-state index is -0.404. The smallest absolute Gasteiger partial charge is 0.195 e. The normalized spacial score (nSPS) is 10.9. The van der Waals surface area contributed by atoms with Gasteiger partial charge in [-0.25, -0.2) is 4.39 Å². The zero-order valence-corrected chi connectivity index (χ0v) is 12.4. The van der Waals surface area contributed by atoms with Crippen LogP contribution >= 0.6 is 27.5 Å². The zero-order valence-electron chi connectivity index (χ0n) is 10.1. The van der Waals surface area contributed by atoms with Crippen molar-refractivity contribution in [2.45, 2.75) is 0 Å². The van der Waals surface area contributed by atoms with E-state index in [1.54, 1.807) is 12.3 Å². The molecule has 0 aliphatic heterocycles. The first kappa shape index (κ1) is 13.3. The fourth-order valence-corrected chi connectivity index (χ4v) is 2.77. The van der Waals surface area contributed by atoms with Gasteiger partial charge in [0.05, 0.1) is 9.50 Å². The standard InChI is InChI=1S/C15H8BrClFNO/c16-10-6-8(4-5-12(10)18)15(20)9-7-19-13-3-1-2-11(17)14(9)13/h1-7,19H. The Hall–Kier alpha value is -1.65. The summed E-state index contributed by atoms with van der Waals surface area (Å²) >= 11 is 9.23. The van der Waals surface area contributed by atoms with E-state index in [2.05, 4.69) is 20.9 Å². The maximum atomic E-state index is 13.2. The van der Waals surface area contributed by atoms with Crippen LogP contribution in [0.1, 0.15) is 15.9 Å². The first-order valence-corrected chi connectivity index (χ1v) is 7.00. The van der Waals surface area contributed by atoms with E-state index < -0.39 is 5.82 Å². The number of ketones is 1. The monoisotopic (exact) mass is 351 g/mol. The number of halogens is 3. The van der Waals surface area contributed by atoms with Crippen LogP contribution in [0.15, 0.2) is 47.1 Å². The second-order valence-electron chi connectivity index (χ2n) is 4.32. The van der Waals surface area contributed by atoms with Gasteiger partial charge in [0.1, 0.15) is 5.82 Å². The lowest BCUT2D eigenvalue weighted by molar-refractivity contribution is 0.104. The van der Waals surface area contributed by atoms with E-state index in [-0.39, 0.29) is 10.3 Å². The maximum Gasteiger partial charge on any atom is 0.195 e. The highest BCUT2D eigenvalue weighted by atomic mass is 79.9. The molecule has 0 saturated heterocycles. The summed E-state index contributed by atoms with van der Waals surface area (Å²) in [5.74, 6) is -0.608. The molecular weight excluding hydrogens is 345 g/mol. The Morgan fingerprint density at radius 1 is 1.25 bits per heavy atom. The van der Waals surface area contributed by atoms with Crippen LogP contribution in [-0.4, -0.2) is 10.8 Å². The fraction of sp³-hybridized carbons (Fsp3) is 0. The number of benzene rings is 2. The lowest BCUT2D eigenvalue weighted by atomic mass is 10.0. The molecule has 1 aromatic heterocycles. The van der Waals surface area contributed by atoms with Crippen molar-refractivity contribution in [3.63, 3.8) is 0 Å². The third kappa shape index (κ3) is 2.15. The summed E-state index contributed by atoms with van der Waals surface area (Å²) in [6.45, 7) is 0. The molecule has 20 heavy (non-hydrogen) atoms. The highest BCUT2D eigenvalue weighted by Gasteiger charge is 2.17. The Morgan fingerprint density at radius 2 is 2.05 bits per heavy atom. The van der Waals surface area contributed by atoms with E-state index in [1.807, 2.05) is 12.1 Å². The van der Waals surface area contributed by atoms with Crippen molar-refractivity contribution in [2.75, 3.05) is 0 Å². The average molecular weight is 353 g/mol. The van der Waals surface area contributed by atoms with Crippen LogP contribution < -0.4 is 0 Å². The van der Waals surface area contributed by atoms with Crippen LogP contribution in [0.2, 0.25) is 5.02 Å². The first-order chi connectivity index (χ1) is 9.58. The molecule has 0 atom stereocenters. The topological polar surface area (TPSA) is 32.9 Å². The Kier molecular flexibility index (Phi) is 3.36. The minimum absolute atomic E-state index is 0.204.